The Labute approximate surface area is 367 Å². The molecule has 0 radical (unpaired) electrons. The number of carbonyl (C=O) groups is 1. The fourth-order valence-corrected chi connectivity index (χ4v) is 4.89. The van der Waals surface area contributed by atoms with Gasteiger partial charge in [-0.25, -0.2) is 13.6 Å². The number of aliphatic hydroxyl groups is 2. The van der Waals surface area contributed by atoms with Gasteiger partial charge in [0.15, 0.2) is 0 Å². The molecule has 8 nitrogen and oxygen atoms in total. The molecule has 1 aliphatic rings. The monoisotopic (exact) mass is 844 g/mol. The molecule has 1 aliphatic heterocycles. The second-order valence-corrected chi connectivity index (χ2v) is 11.9. The first kappa shape index (κ1) is 55.7. The number of nitriles is 2. The Bertz CT molecular complexity index is 1750. The third kappa shape index (κ3) is 18.8. The second-order valence-electron chi connectivity index (χ2n) is 11.9. The first-order chi connectivity index (χ1) is 23.9. The minimum absolute atomic E-state index is 0. The zero-order chi connectivity index (χ0) is 37.1. The van der Waals surface area contributed by atoms with Crippen molar-refractivity contribution in [3.8, 4) is 12.1 Å². The summed E-state index contributed by atoms with van der Waals surface area (Å²) in [6, 6.07) is 28.1. The summed E-state index contributed by atoms with van der Waals surface area (Å²) in [6.07, 6.45) is 2.13. The third-order valence-electron chi connectivity index (χ3n) is 7.41. The summed E-state index contributed by atoms with van der Waals surface area (Å²) < 4.78 is 30.0. The Morgan fingerprint density at radius 3 is 1.87 bits per heavy atom. The first-order valence-corrected chi connectivity index (χ1v) is 15.9. The molecule has 0 aromatic heterocycles. The van der Waals surface area contributed by atoms with Crippen LogP contribution in [-0.2, 0) is 23.6 Å². The van der Waals surface area contributed by atoms with Gasteiger partial charge in [-0.05, 0) is 113 Å². The summed E-state index contributed by atoms with van der Waals surface area (Å²) in [4.78, 5) is 15.1. The summed E-state index contributed by atoms with van der Waals surface area (Å²) in [6.45, 7) is 5.57. The molecule has 0 bridgehead atoms. The van der Waals surface area contributed by atoms with Gasteiger partial charge in [0, 0.05) is 11.4 Å². The Hall–Kier alpha value is -2.67. The van der Waals surface area contributed by atoms with Crippen LogP contribution >= 0.6 is 0 Å². The number of benzene rings is 4. The summed E-state index contributed by atoms with van der Waals surface area (Å²) in [5.41, 5.74) is 2.60. The van der Waals surface area contributed by atoms with Gasteiger partial charge >= 0.3 is 52.1 Å². The molecule has 1 unspecified atom stereocenters. The number of cyclic esters (lactones) is 1. The number of hydrogen-bond donors (Lipinski definition) is 2. The Kier molecular flexibility index (Phi) is 30.5. The molecule has 0 spiro atoms. The fourth-order valence-electron chi connectivity index (χ4n) is 4.89. The van der Waals surface area contributed by atoms with E-state index in [4.69, 9.17) is 15.3 Å². The minimum atomic E-state index is -1.37. The average Bonchev–Trinajstić information content (AvgIpc) is 3.48. The van der Waals surface area contributed by atoms with Gasteiger partial charge in [-0.1, -0.05) is 18.2 Å². The standard InChI is InChI=1S/C20H23FN2O2.C9H5NO2.C6H4F.C5H12N.BrH.ClH.2Mg/c1-23(2)11-3-10-20(25,17-5-7-18(21)8-6-17)19-9-4-15(13-22)12-16(19)14-24;10-4-6-1-2-8-7(3-6)5-12-9(8)11;7-6-4-2-1-3-5-6;1-4-5-6(2)3;;;;/h4-9,12,24-25H,3,10-11,14H2,1-2H3;1-3H,5H2;2-5H;1,4-5H2,2-3H3;2*1H;;/q;;2*-1;;;2*+2/p-2. The van der Waals surface area contributed by atoms with Crippen molar-refractivity contribution in [3.63, 3.8) is 0 Å². The van der Waals surface area contributed by atoms with Gasteiger partial charge in [0.1, 0.15) is 18.0 Å². The number of carbonyl (C=O) groups excluding carboxylic acids is 1. The van der Waals surface area contributed by atoms with E-state index in [-0.39, 0.29) is 99.7 Å². The van der Waals surface area contributed by atoms with E-state index < -0.39 is 5.60 Å². The minimum Gasteiger partial charge on any atom is -1.00 e. The van der Waals surface area contributed by atoms with E-state index in [9.17, 15) is 23.8 Å². The van der Waals surface area contributed by atoms with Crippen LogP contribution < -0.4 is 29.4 Å². The van der Waals surface area contributed by atoms with Crippen LogP contribution in [-0.4, -0.2) is 113 Å². The van der Waals surface area contributed by atoms with E-state index in [1.165, 1.54) is 36.4 Å². The van der Waals surface area contributed by atoms with Gasteiger partial charge in [0.25, 0.3) is 0 Å². The van der Waals surface area contributed by atoms with E-state index in [2.05, 4.69) is 17.9 Å². The molecule has 5 rings (SSSR count). The van der Waals surface area contributed by atoms with Gasteiger partial charge in [-0.15, -0.1) is 12.1 Å². The molecule has 1 heterocycles. The van der Waals surface area contributed by atoms with E-state index in [0.717, 1.165) is 25.1 Å². The summed E-state index contributed by atoms with van der Waals surface area (Å²) >= 11 is 0. The van der Waals surface area contributed by atoms with Crippen LogP contribution in [0.5, 0.6) is 0 Å². The summed E-state index contributed by atoms with van der Waals surface area (Å²) in [5, 5.41) is 38.8. The van der Waals surface area contributed by atoms with Crippen molar-refractivity contribution < 1.29 is 57.9 Å². The molecule has 1 atom stereocenters. The molecule has 0 aliphatic carbocycles. The van der Waals surface area contributed by atoms with E-state index >= 15 is 0 Å². The fraction of sp³-hybridized carbons (Fsp3) is 0.300. The number of aliphatic hydroxyl groups excluding tert-OH is 1. The van der Waals surface area contributed by atoms with Crippen molar-refractivity contribution >= 4 is 52.1 Å². The molecule has 2 N–H and O–H groups in total. The number of fused-ring (bicyclic) bond motifs is 1. The number of rotatable bonds is 9. The largest absolute Gasteiger partial charge is 2.00 e. The van der Waals surface area contributed by atoms with E-state index in [1.54, 1.807) is 48.5 Å². The van der Waals surface area contributed by atoms with E-state index in [0.29, 0.717) is 52.8 Å². The number of halogens is 4. The zero-order valence-corrected chi connectivity index (χ0v) is 36.3. The maximum Gasteiger partial charge on any atom is 2.00 e. The average molecular weight is 847 g/mol. The number of ether oxygens (including phenoxy) is 1. The zero-order valence-electron chi connectivity index (χ0n) is 31.2. The van der Waals surface area contributed by atoms with Gasteiger partial charge in [-0.2, -0.15) is 35.1 Å². The molecular weight excluding hydrogens is 802 g/mol. The van der Waals surface area contributed by atoms with Gasteiger partial charge in [0.05, 0.1) is 35.4 Å². The van der Waals surface area contributed by atoms with E-state index in [1.807, 2.05) is 45.2 Å². The van der Waals surface area contributed by atoms with Crippen LogP contribution in [0.1, 0.15) is 63.0 Å². The smallest absolute Gasteiger partial charge is 1.00 e. The summed E-state index contributed by atoms with van der Waals surface area (Å²) in [5.74, 6) is -0.880. The molecule has 14 heteroatoms. The number of nitrogens with zero attached hydrogens (tertiary/aromatic N) is 4. The Morgan fingerprint density at radius 1 is 0.870 bits per heavy atom. The van der Waals surface area contributed by atoms with Crippen molar-refractivity contribution in [1.29, 1.82) is 10.5 Å². The van der Waals surface area contributed by atoms with Crippen LogP contribution in [0.2, 0.25) is 0 Å². The molecular formula is C40H44BrClF2Mg2N4O4. The normalized spacial score (nSPS) is 11.5. The predicted molar refractivity (Wildman–Crippen MR) is 200 cm³/mol. The van der Waals surface area contributed by atoms with Crippen LogP contribution in [0.4, 0.5) is 8.78 Å². The number of esters is 1. The molecule has 4 aromatic rings. The van der Waals surface area contributed by atoms with Gasteiger partial charge in [0.2, 0.25) is 0 Å². The van der Waals surface area contributed by atoms with Crippen LogP contribution in [0.3, 0.4) is 0 Å². The number of hydrogen-bond acceptors (Lipinski definition) is 8. The van der Waals surface area contributed by atoms with Crippen LogP contribution in [0.25, 0.3) is 0 Å². The second kappa shape index (κ2) is 29.6. The van der Waals surface area contributed by atoms with Crippen molar-refractivity contribution in [1.82, 2.24) is 9.80 Å². The van der Waals surface area contributed by atoms with Crippen molar-refractivity contribution in [3.05, 3.63) is 148 Å². The van der Waals surface area contributed by atoms with Crippen molar-refractivity contribution in [2.45, 2.75) is 38.1 Å². The van der Waals surface area contributed by atoms with Crippen molar-refractivity contribution in [2.75, 3.05) is 41.3 Å². The molecule has 54 heavy (non-hydrogen) atoms. The SMILES string of the molecule is CN(C)CCCC(O)(c1ccc(F)cc1)c1ccc(C#N)cc1CO.Fc1cc[c-]cc1.N#Cc1ccc2c(c1)COC2=O.[Br-].[CH2-]CCN(C)C.[Cl-].[Mg+2].[Mg+2]. The Balaban J connectivity index is -0.000000744. The molecule has 0 amide bonds. The molecule has 0 fully saturated rings. The molecule has 4 aromatic carbocycles. The summed E-state index contributed by atoms with van der Waals surface area (Å²) in [7, 11) is 8.01. The molecule has 0 saturated heterocycles. The Morgan fingerprint density at radius 2 is 1.41 bits per heavy atom. The quantitative estimate of drug-likeness (QED) is 0.133. The predicted octanol–water partition coefficient (Wildman–Crippen LogP) is -0.359. The van der Waals surface area contributed by atoms with Crippen LogP contribution in [0, 0.1) is 47.3 Å². The topological polar surface area (TPSA) is 121 Å². The van der Waals surface area contributed by atoms with Crippen LogP contribution in [0.15, 0.2) is 84.9 Å². The van der Waals surface area contributed by atoms with Gasteiger partial charge in [-0.3, -0.25) is 0 Å². The molecule has 280 valence electrons. The maximum absolute atomic E-state index is 13.3. The van der Waals surface area contributed by atoms with Crippen molar-refractivity contribution in [2.24, 2.45) is 0 Å². The molecule has 0 saturated carbocycles. The maximum atomic E-state index is 13.3. The third-order valence-corrected chi connectivity index (χ3v) is 7.41. The first-order valence-electron chi connectivity index (χ1n) is 15.9. The van der Waals surface area contributed by atoms with Gasteiger partial charge < -0.3 is 61.1 Å².